The van der Waals surface area contributed by atoms with Crippen molar-refractivity contribution in [3.63, 3.8) is 0 Å². The molecule has 1 atom stereocenters. The zero-order valence-electron chi connectivity index (χ0n) is 7.81. The number of hydrogen-bond acceptors (Lipinski definition) is 1. The standard InChI is InChI=1S/C10H18O/c1-5-8-9-11-10(4,6-2)7-3/h2H,5,7-9H2,1,3-4H3. The van der Waals surface area contributed by atoms with Gasteiger partial charge in [-0.25, -0.2) is 0 Å². The fourth-order valence-electron chi connectivity index (χ4n) is 0.688. The van der Waals surface area contributed by atoms with Crippen molar-refractivity contribution in [1.82, 2.24) is 0 Å². The molecular weight excluding hydrogens is 136 g/mol. The van der Waals surface area contributed by atoms with Crippen LogP contribution < -0.4 is 0 Å². The van der Waals surface area contributed by atoms with Crippen molar-refractivity contribution in [2.75, 3.05) is 6.61 Å². The van der Waals surface area contributed by atoms with Gasteiger partial charge in [0.25, 0.3) is 0 Å². The molecule has 0 saturated heterocycles. The van der Waals surface area contributed by atoms with Crippen LogP contribution in [0.5, 0.6) is 0 Å². The second-order valence-electron chi connectivity index (χ2n) is 2.93. The molecule has 0 rings (SSSR count). The largest absolute Gasteiger partial charge is 0.363 e. The Morgan fingerprint density at radius 2 is 2.09 bits per heavy atom. The van der Waals surface area contributed by atoms with Crippen LogP contribution in [0.15, 0.2) is 0 Å². The third-order valence-electron chi connectivity index (χ3n) is 1.90. The summed E-state index contributed by atoms with van der Waals surface area (Å²) in [6, 6.07) is 0. The van der Waals surface area contributed by atoms with E-state index in [9.17, 15) is 0 Å². The smallest absolute Gasteiger partial charge is 0.125 e. The number of terminal acetylenes is 1. The first-order valence-electron chi connectivity index (χ1n) is 4.30. The third kappa shape index (κ3) is 4.06. The lowest BCUT2D eigenvalue weighted by molar-refractivity contribution is 0.00904. The highest BCUT2D eigenvalue weighted by Gasteiger charge is 2.17. The van der Waals surface area contributed by atoms with Crippen LogP contribution in [0, 0.1) is 12.3 Å². The molecule has 1 unspecified atom stereocenters. The van der Waals surface area contributed by atoms with Gasteiger partial charge in [-0.2, -0.15) is 0 Å². The van der Waals surface area contributed by atoms with E-state index < -0.39 is 0 Å². The van der Waals surface area contributed by atoms with Crippen LogP contribution in [0.4, 0.5) is 0 Å². The van der Waals surface area contributed by atoms with Gasteiger partial charge in [0.05, 0.1) is 0 Å². The highest BCUT2D eigenvalue weighted by Crippen LogP contribution is 2.13. The molecule has 0 fully saturated rings. The van der Waals surface area contributed by atoms with Crippen LogP contribution in [0.3, 0.4) is 0 Å². The van der Waals surface area contributed by atoms with Crippen molar-refractivity contribution in [2.24, 2.45) is 0 Å². The van der Waals surface area contributed by atoms with E-state index in [1.54, 1.807) is 0 Å². The molecule has 0 aliphatic heterocycles. The third-order valence-corrected chi connectivity index (χ3v) is 1.90. The summed E-state index contributed by atoms with van der Waals surface area (Å²) in [5.74, 6) is 2.66. The zero-order valence-corrected chi connectivity index (χ0v) is 7.81. The molecule has 0 aromatic heterocycles. The summed E-state index contributed by atoms with van der Waals surface area (Å²) in [5, 5.41) is 0. The van der Waals surface area contributed by atoms with Crippen molar-refractivity contribution < 1.29 is 4.74 Å². The molecule has 0 aliphatic rings. The average molecular weight is 154 g/mol. The van der Waals surface area contributed by atoms with Gasteiger partial charge >= 0.3 is 0 Å². The topological polar surface area (TPSA) is 9.23 Å². The molecule has 0 amide bonds. The van der Waals surface area contributed by atoms with Gasteiger partial charge in [0, 0.05) is 6.61 Å². The number of ether oxygens (including phenoxy) is 1. The van der Waals surface area contributed by atoms with E-state index >= 15 is 0 Å². The first kappa shape index (κ1) is 10.5. The molecule has 0 aliphatic carbocycles. The Morgan fingerprint density at radius 3 is 2.45 bits per heavy atom. The van der Waals surface area contributed by atoms with Crippen LogP contribution in [0.25, 0.3) is 0 Å². The first-order chi connectivity index (χ1) is 5.18. The van der Waals surface area contributed by atoms with Gasteiger partial charge in [0.2, 0.25) is 0 Å². The molecule has 0 radical (unpaired) electrons. The molecule has 0 heterocycles. The molecular formula is C10H18O. The van der Waals surface area contributed by atoms with Gasteiger partial charge in [-0.3, -0.25) is 0 Å². The van der Waals surface area contributed by atoms with Crippen LogP contribution in [-0.4, -0.2) is 12.2 Å². The van der Waals surface area contributed by atoms with E-state index in [0.29, 0.717) is 0 Å². The minimum absolute atomic E-state index is 0.338. The van der Waals surface area contributed by atoms with E-state index in [0.717, 1.165) is 25.9 Å². The van der Waals surface area contributed by atoms with E-state index in [-0.39, 0.29) is 5.60 Å². The van der Waals surface area contributed by atoms with Crippen LogP contribution >= 0.6 is 0 Å². The van der Waals surface area contributed by atoms with Gasteiger partial charge in [-0.15, -0.1) is 6.42 Å². The average Bonchev–Trinajstić information content (AvgIpc) is 2.05. The molecule has 0 bridgehead atoms. The minimum atomic E-state index is -0.338. The maximum absolute atomic E-state index is 5.53. The van der Waals surface area contributed by atoms with Gasteiger partial charge in [-0.05, 0) is 19.8 Å². The molecule has 1 heteroatoms. The van der Waals surface area contributed by atoms with Crippen molar-refractivity contribution in [3.05, 3.63) is 0 Å². The summed E-state index contributed by atoms with van der Waals surface area (Å²) in [4.78, 5) is 0. The van der Waals surface area contributed by atoms with Gasteiger partial charge in [-0.1, -0.05) is 26.2 Å². The summed E-state index contributed by atoms with van der Waals surface area (Å²) in [6.45, 7) is 6.93. The van der Waals surface area contributed by atoms with Crippen LogP contribution in [-0.2, 0) is 4.74 Å². The van der Waals surface area contributed by atoms with Crippen molar-refractivity contribution in [2.45, 2.75) is 45.6 Å². The summed E-state index contributed by atoms with van der Waals surface area (Å²) in [5.41, 5.74) is -0.338. The normalized spacial score (nSPS) is 15.5. The zero-order chi connectivity index (χ0) is 8.74. The number of hydrogen-bond donors (Lipinski definition) is 0. The molecule has 64 valence electrons. The molecule has 0 N–H and O–H groups in total. The maximum Gasteiger partial charge on any atom is 0.125 e. The van der Waals surface area contributed by atoms with Crippen molar-refractivity contribution in [3.8, 4) is 12.3 Å². The monoisotopic (exact) mass is 154 g/mol. The highest BCUT2D eigenvalue weighted by atomic mass is 16.5. The second-order valence-corrected chi connectivity index (χ2v) is 2.93. The summed E-state index contributed by atoms with van der Waals surface area (Å²) >= 11 is 0. The lowest BCUT2D eigenvalue weighted by Crippen LogP contribution is -2.25. The van der Waals surface area contributed by atoms with E-state index in [1.807, 2.05) is 13.8 Å². The predicted octanol–water partition coefficient (Wildman–Crippen LogP) is 2.61. The molecule has 0 saturated carbocycles. The maximum atomic E-state index is 5.53. The Labute approximate surface area is 70.1 Å². The second kappa shape index (κ2) is 5.21. The first-order valence-corrected chi connectivity index (χ1v) is 4.30. The molecule has 0 aromatic rings. The Morgan fingerprint density at radius 1 is 1.45 bits per heavy atom. The number of rotatable bonds is 5. The fourth-order valence-corrected chi connectivity index (χ4v) is 0.688. The minimum Gasteiger partial charge on any atom is -0.363 e. The van der Waals surface area contributed by atoms with Gasteiger partial charge in [0.1, 0.15) is 5.60 Å². The lowest BCUT2D eigenvalue weighted by atomic mass is 10.1. The Balaban J connectivity index is 3.63. The lowest BCUT2D eigenvalue weighted by Gasteiger charge is -2.21. The Bertz CT molecular complexity index is 134. The van der Waals surface area contributed by atoms with E-state index in [4.69, 9.17) is 11.2 Å². The van der Waals surface area contributed by atoms with Crippen molar-refractivity contribution >= 4 is 0 Å². The quantitative estimate of drug-likeness (QED) is 0.437. The van der Waals surface area contributed by atoms with E-state index in [2.05, 4.69) is 12.8 Å². The molecule has 0 spiro atoms. The number of unbranched alkanes of at least 4 members (excludes halogenated alkanes) is 1. The highest BCUT2D eigenvalue weighted by molar-refractivity contribution is 5.04. The molecule has 11 heavy (non-hydrogen) atoms. The molecule has 0 aromatic carbocycles. The van der Waals surface area contributed by atoms with Crippen molar-refractivity contribution in [1.29, 1.82) is 0 Å². The Hall–Kier alpha value is -0.480. The van der Waals surface area contributed by atoms with Gasteiger partial charge in [0.15, 0.2) is 0 Å². The van der Waals surface area contributed by atoms with Gasteiger partial charge < -0.3 is 4.74 Å². The van der Waals surface area contributed by atoms with E-state index in [1.165, 1.54) is 0 Å². The summed E-state index contributed by atoms with van der Waals surface area (Å²) in [7, 11) is 0. The Kier molecular flexibility index (Phi) is 4.98. The molecule has 1 nitrogen and oxygen atoms in total. The predicted molar refractivity (Wildman–Crippen MR) is 48.4 cm³/mol. The SMILES string of the molecule is C#CC(C)(CC)OCCCC. The summed E-state index contributed by atoms with van der Waals surface area (Å²) in [6.07, 6.45) is 8.46. The summed E-state index contributed by atoms with van der Waals surface area (Å²) < 4.78 is 5.53. The van der Waals surface area contributed by atoms with Crippen LogP contribution in [0.1, 0.15) is 40.0 Å². The fraction of sp³-hybridized carbons (Fsp3) is 0.800. The van der Waals surface area contributed by atoms with Crippen LogP contribution in [0.2, 0.25) is 0 Å².